The number of fused-ring (bicyclic) bond motifs is 1. The maximum atomic E-state index is 5.85. The Balaban J connectivity index is 1.70. The summed E-state index contributed by atoms with van der Waals surface area (Å²) in [7, 11) is 0. The van der Waals surface area contributed by atoms with Gasteiger partial charge >= 0.3 is 0 Å². The number of hydrogen-bond acceptors (Lipinski definition) is 4. The fourth-order valence-corrected chi connectivity index (χ4v) is 2.23. The molecule has 0 spiro atoms. The minimum absolute atomic E-state index is 0.292. The van der Waals surface area contributed by atoms with Crippen molar-refractivity contribution in [2.45, 2.75) is 6.54 Å². The van der Waals surface area contributed by atoms with Crippen LogP contribution in [0.5, 0.6) is 11.5 Å². The van der Waals surface area contributed by atoms with E-state index < -0.39 is 0 Å². The van der Waals surface area contributed by atoms with Crippen molar-refractivity contribution in [3.05, 3.63) is 45.7 Å². The second-order valence-corrected chi connectivity index (χ2v) is 5.25. The van der Waals surface area contributed by atoms with Gasteiger partial charge in [-0.25, -0.2) is 4.98 Å². The van der Waals surface area contributed by atoms with Crippen molar-refractivity contribution >= 4 is 33.2 Å². The Labute approximate surface area is 123 Å². The molecule has 0 fully saturated rings. The number of hydrogen-bond donors (Lipinski definition) is 1. The minimum atomic E-state index is 0.292. The van der Waals surface area contributed by atoms with E-state index in [1.165, 1.54) is 0 Å². The molecule has 1 aliphatic heterocycles. The van der Waals surface area contributed by atoms with E-state index in [-0.39, 0.29) is 0 Å². The third kappa shape index (κ3) is 2.77. The van der Waals surface area contributed by atoms with Gasteiger partial charge in [-0.15, -0.1) is 0 Å². The fraction of sp³-hybridized carbons (Fsp3) is 0.154. The Morgan fingerprint density at radius 1 is 1.26 bits per heavy atom. The van der Waals surface area contributed by atoms with E-state index in [9.17, 15) is 0 Å². The Bertz CT molecular complexity index is 622. The molecular formula is C13H10BrClN2O2. The molecule has 0 unspecified atom stereocenters. The van der Waals surface area contributed by atoms with Gasteiger partial charge in [0.15, 0.2) is 11.5 Å². The third-order valence-corrected chi connectivity index (χ3v) is 3.86. The topological polar surface area (TPSA) is 43.4 Å². The molecular weight excluding hydrogens is 332 g/mol. The first-order chi connectivity index (χ1) is 9.22. The van der Waals surface area contributed by atoms with Crippen LogP contribution in [-0.2, 0) is 6.54 Å². The van der Waals surface area contributed by atoms with Crippen molar-refractivity contribution in [1.82, 2.24) is 4.98 Å². The molecule has 1 aromatic carbocycles. The second-order valence-electron chi connectivity index (χ2n) is 4.04. The van der Waals surface area contributed by atoms with Gasteiger partial charge in [-0.3, -0.25) is 0 Å². The standard InChI is InChI=1S/C13H10BrClN2O2/c14-10-4-9(6-17-13(10)15)16-5-8-1-2-11-12(3-8)19-7-18-11/h1-4,6,16H,5,7H2. The normalized spacial score (nSPS) is 12.5. The summed E-state index contributed by atoms with van der Waals surface area (Å²) in [5.74, 6) is 1.58. The Morgan fingerprint density at radius 2 is 2.11 bits per heavy atom. The molecule has 0 radical (unpaired) electrons. The highest BCUT2D eigenvalue weighted by molar-refractivity contribution is 9.10. The maximum absolute atomic E-state index is 5.85. The van der Waals surface area contributed by atoms with Crippen molar-refractivity contribution in [2.75, 3.05) is 12.1 Å². The molecule has 0 aliphatic carbocycles. The summed E-state index contributed by atoms with van der Waals surface area (Å²) in [4.78, 5) is 4.06. The van der Waals surface area contributed by atoms with Gasteiger partial charge in [0.25, 0.3) is 0 Å². The quantitative estimate of drug-likeness (QED) is 0.862. The van der Waals surface area contributed by atoms with Crippen molar-refractivity contribution in [2.24, 2.45) is 0 Å². The molecule has 2 heterocycles. The zero-order valence-electron chi connectivity index (χ0n) is 9.82. The van der Waals surface area contributed by atoms with E-state index in [1.807, 2.05) is 24.3 Å². The molecule has 1 N–H and O–H groups in total. The van der Waals surface area contributed by atoms with Crippen molar-refractivity contribution in [3.8, 4) is 11.5 Å². The van der Waals surface area contributed by atoms with Crippen LogP contribution in [0.2, 0.25) is 5.15 Å². The Morgan fingerprint density at radius 3 is 2.95 bits per heavy atom. The van der Waals surface area contributed by atoms with Gasteiger partial charge in [0.1, 0.15) is 5.15 Å². The van der Waals surface area contributed by atoms with Gasteiger partial charge in [0.2, 0.25) is 6.79 Å². The third-order valence-electron chi connectivity index (χ3n) is 2.73. The van der Waals surface area contributed by atoms with E-state index in [0.717, 1.165) is 27.2 Å². The summed E-state index contributed by atoms with van der Waals surface area (Å²) in [5, 5.41) is 3.73. The summed E-state index contributed by atoms with van der Waals surface area (Å²) in [6, 6.07) is 7.77. The van der Waals surface area contributed by atoms with E-state index >= 15 is 0 Å². The van der Waals surface area contributed by atoms with Crippen molar-refractivity contribution in [1.29, 1.82) is 0 Å². The molecule has 19 heavy (non-hydrogen) atoms. The van der Waals surface area contributed by atoms with Crippen LogP contribution in [0.4, 0.5) is 5.69 Å². The molecule has 0 saturated carbocycles. The molecule has 4 nitrogen and oxygen atoms in total. The molecule has 3 rings (SSSR count). The summed E-state index contributed by atoms with van der Waals surface area (Å²) in [6.45, 7) is 0.965. The van der Waals surface area contributed by atoms with E-state index in [0.29, 0.717) is 18.5 Å². The SMILES string of the molecule is Clc1ncc(NCc2ccc3c(c2)OCO3)cc1Br. The lowest BCUT2D eigenvalue weighted by Crippen LogP contribution is -2.00. The number of rotatable bonds is 3. The number of ether oxygens (including phenoxy) is 2. The molecule has 1 aromatic heterocycles. The molecule has 98 valence electrons. The van der Waals surface area contributed by atoms with Crippen LogP contribution in [0.15, 0.2) is 34.9 Å². The average Bonchev–Trinajstić information content (AvgIpc) is 2.87. The van der Waals surface area contributed by atoms with Crippen molar-refractivity contribution < 1.29 is 9.47 Å². The van der Waals surface area contributed by atoms with E-state index in [1.54, 1.807) is 6.20 Å². The highest BCUT2D eigenvalue weighted by Gasteiger charge is 2.12. The second kappa shape index (κ2) is 5.27. The van der Waals surface area contributed by atoms with E-state index in [4.69, 9.17) is 21.1 Å². The van der Waals surface area contributed by atoms with E-state index in [2.05, 4.69) is 26.2 Å². The lowest BCUT2D eigenvalue weighted by molar-refractivity contribution is 0.174. The molecule has 0 bridgehead atoms. The van der Waals surface area contributed by atoms with Crippen LogP contribution in [-0.4, -0.2) is 11.8 Å². The van der Waals surface area contributed by atoms with Gasteiger partial charge in [-0.05, 0) is 39.7 Å². The Kier molecular flexibility index (Phi) is 3.48. The number of nitrogens with one attached hydrogen (secondary N) is 1. The fourth-order valence-electron chi connectivity index (χ4n) is 1.77. The predicted octanol–water partition coefficient (Wildman–Crippen LogP) is 3.84. The molecule has 2 aromatic rings. The predicted molar refractivity (Wildman–Crippen MR) is 76.8 cm³/mol. The van der Waals surface area contributed by atoms with Gasteiger partial charge in [-0.2, -0.15) is 0 Å². The number of benzene rings is 1. The molecule has 0 saturated heterocycles. The Hall–Kier alpha value is -1.46. The van der Waals surface area contributed by atoms with Gasteiger partial charge in [-0.1, -0.05) is 17.7 Å². The first-order valence-electron chi connectivity index (χ1n) is 5.66. The number of nitrogens with zero attached hydrogens (tertiary/aromatic N) is 1. The zero-order valence-corrected chi connectivity index (χ0v) is 12.2. The highest BCUT2D eigenvalue weighted by atomic mass is 79.9. The maximum Gasteiger partial charge on any atom is 0.231 e. The number of pyridine rings is 1. The monoisotopic (exact) mass is 340 g/mol. The van der Waals surface area contributed by atoms with Gasteiger partial charge < -0.3 is 14.8 Å². The smallest absolute Gasteiger partial charge is 0.231 e. The summed E-state index contributed by atoms with van der Waals surface area (Å²) in [5.41, 5.74) is 2.00. The lowest BCUT2D eigenvalue weighted by atomic mass is 10.2. The number of aromatic nitrogens is 1. The van der Waals surface area contributed by atoms with Crippen LogP contribution in [0.25, 0.3) is 0 Å². The van der Waals surface area contributed by atoms with Crippen LogP contribution >= 0.6 is 27.5 Å². The van der Waals surface area contributed by atoms with Crippen LogP contribution in [0.3, 0.4) is 0 Å². The average molecular weight is 342 g/mol. The molecule has 1 aliphatic rings. The van der Waals surface area contributed by atoms with Crippen molar-refractivity contribution in [3.63, 3.8) is 0 Å². The first-order valence-corrected chi connectivity index (χ1v) is 6.83. The first kappa shape index (κ1) is 12.6. The summed E-state index contributed by atoms with van der Waals surface area (Å²) < 4.78 is 11.4. The van der Waals surface area contributed by atoms with Crippen LogP contribution < -0.4 is 14.8 Å². The number of halogens is 2. The molecule has 0 amide bonds. The number of anilines is 1. The summed E-state index contributed by atoms with van der Waals surface area (Å²) in [6.07, 6.45) is 1.69. The van der Waals surface area contributed by atoms with Gasteiger partial charge in [0, 0.05) is 6.54 Å². The molecule has 0 atom stereocenters. The van der Waals surface area contributed by atoms with Crippen LogP contribution in [0.1, 0.15) is 5.56 Å². The summed E-state index contributed by atoms with van der Waals surface area (Å²) >= 11 is 9.19. The van der Waals surface area contributed by atoms with Crippen LogP contribution in [0, 0.1) is 0 Å². The molecule has 6 heteroatoms. The van der Waals surface area contributed by atoms with Gasteiger partial charge in [0.05, 0.1) is 16.4 Å². The lowest BCUT2D eigenvalue weighted by Gasteiger charge is -2.07. The largest absolute Gasteiger partial charge is 0.454 e. The highest BCUT2D eigenvalue weighted by Crippen LogP contribution is 2.32. The minimum Gasteiger partial charge on any atom is -0.454 e. The zero-order chi connectivity index (χ0) is 13.2.